The van der Waals surface area contributed by atoms with Gasteiger partial charge in [-0.2, -0.15) is 5.10 Å². The van der Waals surface area contributed by atoms with E-state index in [0.29, 0.717) is 43.2 Å². The molecule has 3 heterocycles. The number of rotatable bonds is 4. The Hall–Kier alpha value is -3.49. The summed E-state index contributed by atoms with van der Waals surface area (Å²) in [7, 11) is 3.34. The van der Waals surface area contributed by atoms with Crippen LogP contribution in [0.15, 0.2) is 36.7 Å². The highest BCUT2D eigenvalue weighted by atomic mass is 19.1. The van der Waals surface area contributed by atoms with Crippen LogP contribution in [-0.4, -0.2) is 63.8 Å². The lowest BCUT2D eigenvalue weighted by Gasteiger charge is -2.35. The number of aromatic nitrogens is 4. The standard InChI is InChI=1S/C21H23FN6O2/c1-14-12-17(26(2)25-14)21(29)28-10-8-27(9-11-28)20-18(22)19(23-13-24-20)15-4-6-16(30-3)7-5-15/h4-7,12-13H,8-11H2,1-3H3. The molecule has 0 spiro atoms. The Kier molecular flexibility index (Phi) is 5.35. The molecule has 0 atom stereocenters. The van der Waals surface area contributed by atoms with Gasteiger partial charge in [0.2, 0.25) is 0 Å². The van der Waals surface area contributed by atoms with Crippen molar-refractivity contribution < 1.29 is 13.9 Å². The number of aryl methyl sites for hydroxylation is 2. The average molecular weight is 410 g/mol. The number of piperazine rings is 1. The summed E-state index contributed by atoms with van der Waals surface area (Å²) in [6.07, 6.45) is 1.37. The van der Waals surface area contributed by atoms with Crippen molar-refractivity contribution in [3.8, 4) is 17.0 Å². The zero-order valence-electron chi connectivity index (χ0n) is 17.2. The van der Waals surface area contributed by atoms with Crippen molar-refractivity contribution in [3.05, 3.63) is 53.9 Å². The fraction of sp³-hybridized carbons (Fsp3) is 0.333. The predicted molar refractivity (Wildman–Crippen MR) is 110 cm³/mol. The molecule has 1 aromatic carbocycles. The number of anilines is 1. The van der Waals surface area contributed by atoms with Crippen LogP contribution < -0.4 is 9.64 Å². The van der Waals surface area contributed by atoms with Crippen LogP contribution in [0.3, 0.4) is 0 Å². The maximum Gasteiger partial charge on any atom is 0.272 e. The van der Waals surface area contributed by atoms with Gasteiger partial charge >= 0.3 is 0 Å². The van der Waals surface area contributed by atoms with E-state index in [4.69, 9.17) is 4.74 Å². The fourth-order valence-electron chi connectivity index (χ4n) is 3.63. The molecule has 0 saturated carbocycles. The molecular formula is C21H23FN6O2. The number of carbonyl (C=O) groups is 1. The van der Waals surface area contributed by atoms with E-state index in [1.54, 1.807) is 54.1 Å². The van der Waals surface area contributed by atoms with Gasteiger partial charge in [0.05, 0.1) is 12.8 Å². The Morgan fingerprint density at radius 2 is 1.80 bits per heavy atom. The number of methoxy groups -OCH3 is 1. The van der Waals surface area contributed by atoms with Gasteiger partial charge < -0.3 is 14.5 Å². The van der Waals surface area contributed by atoms with Gasteiger partial charge in [-0.15, -0.1) is 0 Å². The second-order valence-corrected chi connectivity index (χ2v) is 7.16. The smallest absolute Gasteiger partial charge is 0.272 e. The first-order valence-electron chi connectivity index (χ1n) is 9.67. The average Bonchev–Trinajstić information content (AvgIpc) is 3.11. The lowest BCUT2D eigenvalue weighted by molar-refractivity contribution is 0.0735. The van der Waals surface area contributed by atoms with Crippen LogP contribution in [0.2, 0.25) is 0 Å². The number of amides is 1. The van der Waals surface area contributed by atoms with Gasteiger partial charge in [0.25, 0.3) is 5.91 Å². The number of hydrogen-bond donors (Lipinski definition) is 0. The van der Waals surface area contributed by atoms with Crippen molar-refractivity contribution in [2.45, 2.75) is 6.92 Å². The van der Waals surface area contributed by atoms with E-state index in [2.05, 4.69) is 15.1 Å². The summed E-state index contributed by atoms with van der Waals surface area (Å²) < 4.78 is 22.0. The van der Waals surface area contributed by atoms with E-state index in [-0.39, 0.29) is 17.4 Å². The summed E-state index contributed by atoms with van der Waals surface area (Å²) in [4.78, 5) is 24.7. The highest BCUT2D eigenvalue weighted by molar-refractivity contribution is 5.92. The first-order chi connectivity index (χ1) is 14.5. The molecule has 4 rings (SSSR count). The quantitative estimate of drug-likeness (QED) is 0.657. The van der Waals surface area contributed by atoms with Gasteiger partial charge in [0, 0.05) is 38.8 Å². The summed E-state index contributed by atoms with van der Waals surface area (Å²) >= 11 is 0. The summed E-state index contributed by atoms with van der Waals surface area (Å²) in [6, 6.07) is 8.84. The molecule has 1 amide bonds. The molecule has 0 radical (unpaired) electrons. The number of ether oxygens (including phenoxy) is 1. The van der Waals surface area contributed by atoms with Crippen molar-refractivity contribution >= 4 is 11.7 Å². The van der Waals surface area contributed by atoms with Gasteiger partial charge in [0.1, 0.15) is 23.5 Å². The van der Waals surface area contributed by atoms with Crippen LogP contribution in [0.1, 0.15) is 16.2 Å². The van der Waals surface area contributed by atoms with Crippen LogP contribution in [0.25, 0.3) is 11.3 Å². The van der Waals surface area contributed by atoms with Gasteiger partial charge in [0.15, 0.2) is 11.6 Å². The monoisotopic (exact) mass is 410 g/mol. The molecule has 0 unspecified atom stereocenters. The summed E-state index contributed by atoms with van der Waals surface area (Å²) in [6.45, 7) is 3.78. The van der Waals surface area contributed by atoms with Crippen molar-refractivity contribution in [2.75, 3.05) is 38.2 Å². The molecule has 9 heteroatoms. The van der Waals surface area contributed by atoms with Crippen LogP contribution >= 0.6 is 0 Å². The first-order valence-corrected chi connectivity index (χ1v) is 9.67. The topological polar surface area (TPSA) is 76.4 Å². The van der Waals surface area contributed by atoms with E-state index in [1.165, 1.54) is 6.33 Å². The Morgan fingerprint density at radius 1 is 1.10 bits per heavy atom. The van der Waals surface area contributed by atoms with E-state index < -0.39 is 5.82 Å². The van der Waals surface area contributed by atoms with Crippen LogP contribution in [0.5, 0.6) is 5.75 Å². The predicted octanol–water partition coefficient (Wildman–Crippen LogP) is 2.30. The third-order valence-electron chi connectivity index (χ3n) is 5.22. The van der Waals surface area contributed by atoms with E-state index in [0.717, 1.165) is 5.69 Å². The SMILES string of the molecule is COc1ccc(-c2ncnc(N3CCN(C(=O)c4cc(C)nn4C)CC3)c2F)cc1. The molecule has 8 nitrogen and oxygen atoms in total. The van der Waals surface area contributed by atoms with Gasteiger partial charge in [-0.1, -0.05) is 0 Å². The van der Waals surface area contributed by atoms with Crippen molar-refractivity contribution in [3.63, 3.8) is 0 Å². The Bertz CT molecular complexity index is 1060. The molecular weight excluding hydrogens is 387 g/mol. The molecule has 2 aromatic heterocycles. The lowest BCUT2D eigenvalue weighted by atomic mass is 10.1. The maximum absolute atomic E-state index is 15.2. The molecule has 0 aliphatic carbocycles. The number of carbonyl (C=O) groups excluding carboxylic acids is 1. The molecule has 1 saturated heterocycles. The fourth-order valence-corrected chi connectivity index (χ4v) is 3.63. The number of benzene rings is 1. The molecule has 0 N–H and O–H groups in total. The molecule has 0 bridgehead atoms. The van der Waals surface area contributed by atoms with Crippen LogP contribution in [-0.2, 0) is 7.05 Å². The third-order valence-corrected chi connectivity index (χ3v) is 5.22. The molecule has 1 fully saturated rings. The first kappa shape index (κ1) is 19.8. The third kappa shape index (κ3) is 3.70. The summed E-state index contributed by atoms with van der Waals surface area (Å²) in [5.41, 5.74) is 2.24. The number of halogens is 1. The zero-order chi connectivity index (χ0) is 21.3. The second-order valence-electron chi connectivity index (χ2n) is 7.16. The van der Waals surface area contributed by atoms with Crippen molar-refractivity contribution in [2.24, 2.45) is 7.05 Å². The highest BCUT2D eigenvalue weighted by Crippen LogP contribution is 2.28. The highest BCUT2D eigenvalue weighted by Gasteiger charge is 2.27. The molecule has 30 heavy (non-hydrogen) atoms. The zero-order valence-corrected chi connectivity index (χ0v) is 17.2. The minimum absolute atomic E-state index is 0.0696. The lowest BCUT2D eigenvalue weighted by Crippen LogP contribution is -2.49. The van der Waals surface area contributed by atoms with Crippen LogP contribution in [0, 0.1) is 12.7 Å². The summed E-state index contributed by atoms with van der Waals surface area (Å²) in [5.74, 6) is 0.404. The minimum atomic E-state index is -0.468. The molecule has 1 aliphatic rings. The van der Waals surface area contributed by atoms with E-state index in [9.17, 15) is 4.79 Å². The van der Waals surface area contributed by atoms with Crippen molar-refractivity contribution in [1.82, 2.24) is 24.6 Å². The normalized spacial score (nSPS) is 14.1. The molecule has 156 valence electrons. The van der Waals surface area contributed by atoms with Gasteiger partial charge in [-0.3, -0.25) is 9.48 Å². The molecule has 3 aromatic rings. The second kappa shape index (κ2) is 8.10. The van der Waals surface area contributed by atoms with Gasteiger partial charge in [-0.05, 0) is 37.3 Å². The van der Waals surface area contributed by atoms with E-state index >= 15 is 4.39 Å². The van der Waals surface area contributed by atoms with E-state index in [1.807, 2.05) is 11.8 Å². The summed E-state index contributed by atoms with van der Waals surface area (Å²) in [5, 5.41) is 4.23. The Morgan fingerprint density at radius 3 is 2.40 bits per heavy atom. The van der Waals surface area contributed by atoms with Gasteiger partial charge in [-0.25, -0.2) is 14.4 Å². The Labute approximate surface area is 173 Å². The van der Waals surface area contributed by atoms with Crippen molar-refractivity contribution in [1.29, 1.82) is 0 Å². The minimum Gasteiger partial charge on any atom is -0.497 e. The number of hydrogen-bond acceptors (Lipinski definition) is 6. The Balaban J connectivity index is 1.49. The van der Waals surface area contributed by atoms with Crippen LogP contribution in [0.4, 0.5) is 10.2 Å². The maximum atomic E-state index is 15.2. The molecule has 1 aliphatic heterocycles. The number of nitrogens with zero attached hydrogens (tertiary/aromatic N) is 6. The largest absolute Gasteiger partial charge is 0.497 e.